The lowest BCUT2D eigenvalue weighted by atomic mass is 10.0. The number of fused-ring (bicyclic) bond motifs is 1. The molecule has 0 bridgehead atoms. The zero-order valence-electron chi connectivity index (χ0n) is 12.6. The second kappa shape index (κ2) is 6.14. The molecule has 1 heterocycles. The zero-order chi connectivity index (χ0) is 16.4. The zero-order valence-corrected chi connectivity index (χ0v) is 13.5. The van der Waals surface area contributed by atoms with E-state index < -0.39 is 15.9 Å². The first-order valence-corrected chi connectivity index (χ1v) is 9.04. The van der Waals surface area contributed by atoms with Crippen molar-refractivity contribution in [3.8, 4) is 0 Å². The van der Waals surface area contributed by atoms with Gasteiger partial charge in [-0.2, -0.15) is 0 Å². The molecule has 0 aliphatic carbocycles. The summed E-state index contributed by atoms with van der Waals surface area (Å²) in [6.45, 7) is 1.70. The molecule has 5 nitrogen and oxygen atoms in total. The Hall–Kier alpha value is -2.18. The smallest absolute Gasteiger partial charge is 0.159 e. The predicted molar refractivity (Wildman–Crippen MR) is 87.6 cm³/mol. The molecule has 0 saturated heterocycles. The molecule has 1 unspecified atom stereocenters. The fourth-order valence-electron chi connectivity index (χ4n) is 2.52. The van der Waals surface area contributed by atoms with Crippen LogP contribution in [0.2, 0.25) is 0 Å². The highest BCUT2D eigenvalue weighted by molar-refractivity contribution is 7.90. The van der Waals surface area contributed by atoms with Crippen LogP contribution in [0.15, 0.2) is 53.1 Å². The van der Waals surface area contributed by atoms with Crippen molar-refractivity contribution < 1.29 is 18.0 Å². The summed E-state index contributed by atoms with van der Waals surface area (Å²) in [4.78, 5) is 0. The highest BCUT2D eigenvalue weighted by Crippen LogP contribution is 2.22. The average molecular weight is 331 g/mol. The Bertz CT molecular complexity index is 930. The number of rotatable bonds is 5. The minimum Gasteiger partial charge on any atom is -0.387 e. The molecule has 0 spiro atoms. The Morgan fingerprint density at radius 3 is 2.57 bits per heavy atom. The van der Waals surface area contributed by atoms with E-state index in [-0.39, 0.29) is 11.5 Å². The van der Waals surface area contributed by atoms with Crippen LogP contribution >= 0.6 is 0 Å². The van der Waals surface area contributed by atoms with E-state index in [0.717, 1.165) is 10.8 Å². The van der Waals surface area contributed by atoms with Gasteiger partial charge in [0, 0.05) is 6.07 Å². The molecular weight excluding hydrogens is 314 g/mol. The van der Waals surface area contributed by atoms with E-state index in [1.54, 1.807) is 19.1 Å². The molecule has 1 atom stereocenters. The summed E-state index contributed by atoms with van der Waals surface area (Å²) in [5.74, 6) is -0.0306. The summed E-state index contributed by atoms with van der Waals surface area (Å²) in [6.07, 6.45) is -1.07. The van der Waals surface area contributed by atoms with Crippen molar-refractivity contribution in [1.82, 2.24) is 5.16 Å². The molecule has 6 heteroatoms. The van der Waals surface area contributed by atoms with Crippen molar-refractivity contribution in [3.63, 3.8) is 0 Å². The number of sulfone groups is 1. The molecule has 1 aromatic heterocycles. The summed E-state index contributed by atoms with van der Waals surface area (Å²) in [5.41, 5.74) is 0.941. The summed E-state index contributed by atoms with van der Waals surface area (Å²) in [7, 11) is -3.49. The fraction of sp³-hybridized carbons (Fsp3) is 0.235. The van der Waals surface area contributed by atoms with Gasteiger partial charge in [-0.15, -0.1) is 0 Å². The Labute approximate surface area is 134 Å². The summed E-state index contributed by atoms with van der Waals surface area (Å²) in [5, 5.41) is 16.0. The van der Waals surface area contributed by atoms with E-state index in [4.69, 9.17) is 4.52 Å². The number of hydrogen-bond acceptors (Lipinski definition) is 5. The van der Waals surface area contributed by atoms with Crippen LogP contribution in [0.4, 0.5) is 0 Å². The lowest BCUT2D eigenvalue weighted by molar-refractivity contribution is 0.202. The number of benzene rings is 2. The lowest BCUT2D eigenvalue weighted by Crippen LogP contribution is -2.16. The standard InChI is InChI=1S/C17H17NO4S/c1-12-8-16(18-22-12)10-23(20,21)11-17(19)15-7-6-13-4-2-3-5-14(13)9-15/h2-9,17,19H,10-11H2,1H3. The van der Waals surface area contributed by atoms with Gasteiger partial charge in [-0.3, -0.25) is 0 Å². The van der Waals surface area contributed by atoms with E-state index >= 15 is 0 Å². The summed E-state index contributed by atoms with van der Waals surface area (Å²) < 4.78 is 29.3. The molecule has 0 radical (unpaired) electrons. The van der Waals surface area contributed by atoms with Gasteiger partial charge in [-0.25, -0.2) is 8.42 Å². The van der Waals surface area contributed by atoms with Gasteiger partial charge in [0.15, 0.2) is 9.84 Å². The van der Waals surface area contributed by atoms with Crippen molar-refractivity contribution in [1.29, 1.82) is 0 Å². The SMILES string of the molecule is Cc1cc(CS(=O)(=O)CC(O)c2ccc3ccccc3c2)no1. The summed E-state index contributed by atoms with van der Waals surface area (Å²) in [6, 6.07) is 14.8. The predicted octanol–water partition coefficient (Wildman–Crippen LogP) is 2.78. The van der Waals surface area contributed by atoms with Crippen LogP contribution in [0.5, 0.6) is 0 Å². The lowest BCUT2D eigenvalue weighted by Gasteiger charge is -2.12. The second-order valence-corrected chi connectivity index (χ2v) is 7.72. The third-order valence-electron chi connectivity index (χ3n) is 3.61. The molecule has 3 rings (SSSR count). The van der Waals surface area contributed by atoms with Crippen molar-refractivity contribution in [2.75, 3.05) is 5.75 Å². The van der Waals surface area contributed by atoms with Crippen molar-refractivity contribution in [2.24, 2.45) is 0 Å². The maximum Gasteiger partial charge on any atom is 0.159 e. The quantitative estimate of drug-likeness (QED) is 0.777. The minimum atomic E-state index is -3.49. The molecule has 0 aliphatic heterocycles. The third kappa shape index (κ3) is 3.78. The van der Waals surface area contributed by atoms with Crippen molar-refractivity contribution >= 4 is 20.6 Å². The molecule has 0 saturated carbocycles. The van der Waals surface area contributed by atoms with Gasteiger partial charge in [0.2, 0.25) is 0 Å². The van der Waals surface area contributed by atoms with Crippen LogP contribution in [0, 0.1) is 6.92 Å². The Balaban J connectivity index is 1.77. The Morgan fingerprint density at radius 2 is 1.87 bits per heavy atom. The first kappa shape index (κ1) is 15.7. The normalized spacial score (nSPS) is 13.3. The van der Waals surface area contributed by atoms with E-state index in [0.29, 0.717) is 17.0 Å². The van der Waals surface area contributed by atoms with E-state index in [2.05, 4.69) is 5.16 Å². The molecule has 2 aromatic carbocycles. The third-order valence-corrected chi connectivity index (χ3v) is 5.17. The number of aliphatic hydroxyl groups excluding tert-OH is 1. The number of nitrogens with zero attached hydrogens (tertiary/aromatic N) is 1. The average Bonchev–Trinajstić information content (AvgIpc) is 2.90. The van der Waals surface area contributed by atoms with Crippen LogP contribution in [0.3, 0.4) is 0 Å². The second-order valence-electron chi connectivity index (χ2n) is 5.61. The molecular formula is C17H17NO4S. The summed E-state index contributed by atoms with van der Waals surface area (Å²) >= 11 is 0. The van der Waals surface area contributed by atoms with Crippen molar-refractivity contribution in [3.05, 3.63) is 65.5 Å². The van der Waals surface area contributed by atoms with Gasteiger partial charge < -0.3 is 9.63 Å². The van der Waals surface area contributed by atoms with Gasteiger partial charge >= 0.3 is 0 Å². The molecule has 23 heavy (non-hydrogen) atoms. The molecule has 3 aromatic rings. The maximum atomic E-state index is 12.2. The topological polar surface area (TPSA) is 80.4 Å². The van der Waals surface area contributed by atoms with Crippen LogP contribution in [0.1, 0.15) is 23.1 Å². The van der Waals surface area contributed by atoms with Crippen LogP contribution in [-0.4, -0.2) is 24.4 Å². The Morgan fingerprint density at radius 1 is 1.13 bits per heavy atom. The van der Waals surface area contributed by atoms with Gasteiger partial charge in [0.1, 0.15) is 5.76 Å². The highest BCUT2D eigenvalue weighted by atomic mass is 32.2. The van der Waals surface area contributed by atoms with Gasteiger partial charge in [-0.05, 0) is 29.3 Å². The van der Waals surface area contributed by atoms with Crippen molar-refractivity contribution in [2.45, 2.75) is 18.8 Å². The van der Waals surface area contributed by atoms with Gasteiger partial charge in [0.25, 0.3) is 0 Å². The van der Waals surface area contributed by atoms with E-state index in [1.807, 2.05) is 36.4 Å². The largest absolute Gasteiger partial charge is 0.387 e. The molecule has 0 fully saturated rings. The molecule has 0 amide bonds. The number of aliphatic hydroxyl groups is 1. The highest BCUT2D eigenvalue weighted by Gasteiger charge is 2.21. The van der Waals surface area contributed by atoms with E-state index in [1.165, 1.54) is 0 Å². The first-order valence-electron chi connectivity index (χ1n) is 7.22. The van der Waals surface area contributed by atoms with E-state index in [9.17, 15) is 13.5 Å². The molecule has 120 valence electrons. The number of aromatic nitrogens is 1. The number of hydrogen-bond donors (Lipinski definition) is 1. The maximum absolute atomic E-state index is 12.2. The van der Waals surface area contributed by atoms with Crippen LogP contribution in [0.25, 0.3) is 10.8 Å². The van der Waals surface area contributed by atoms with Gasteiger partial charge in [0.05, 0.1) is 23.3 Å². The fourth-order valence-corrected chi connectivity index (χ4v) is 3.90. The van der Waals surface area contributed by atoms with Gasteiger partial charge in [-0.1, -0.05) is 41.6 Å². The Kier molecular flexibility index (Phi) is 4.19. The molecule has 0 aliphatic rings. The first-order chi connectivity index (χ1) is 10.9. The van der Waals surface area contributed by atoms with Crippen LogP contribution in [-0.2, 0) is 15.6 Å². The monoisotopic (exact) mass is 331 g/mol. The number of aryl methyl sites for hydroxylation is 1. The minimum absolute atomic E-state index is 0.241. The van der Waals surface area contributed by atoms with Crippen LogP contribution < -0.4 is 0 Å². The molecule has 1 N–H and O–H groups in total.